The van der Waals surface area contributed by atoms with Gasteiger partial charge >= 0.3 is 0 Å². The molecule has 2 N–H and O–H groups in total. The lowest BCUT2D eigenvalue weighted by Crippen LogP contribution is -2.14. The lowest BCUT2D eigenvalue weighted by Gasteiger charge is -2.05. The van der Waals surface area contributed by atoms with Crippen molar-refractivity contribution in [1.29, 1.82) is 0 Å². The van der Waals surface area contributed by atoms with Crippen LogP contribution < -0.4 is 0 Å². The maximum Gasteiger partial charge on any atom is 0.157 e. The zero-order valence-corrected chi connectivity index (χ0v) is 8.04. The predicted octanol–water partition coefficient (Wildman–Crippen LogP) is 1.76. The van der Waals surface area contributed by atoms with Crippen molar-refractivity contribution in [3.8, 4) is 0 Å². The van der Waals surface area contributed by atoms with E-state index in [0.717, 1.165) is 18.7 Å². The third-order valence-corrected chi connectivity index (χ3v) is 2.10. The van der Waals surface area contributed by atoms with Crippen molar-refractivity contribution in [2.75, 3.05) is 20.1 Å². The van der Waals surface area contributed by atoms with Crippen molar-refractivity contribution < 1.29 is 10.2 Å². The Hall–Kier alpha value is -1.22. The van der Waals surface area contributed by atoms with E-state index in [1.807, 2.05) is 14.0 Å². The highest BCUT2D eigenvalue weighted by Gasteiger charge is 2.14. The van der Waals surface area contributed by atoms with Crippen LogP contribution in [0, 0.1) is 0 Å². The molecule has 0 aromatic rings. The minimum Gasteiger partial charge on any atom is -0.505 e. The van der Waals surface area contributed by atoms with E-state index in [1.54, 1.807) is 6.08 Å². The molecule has 0 saturated heterocycles. The topological polar surface area (TPSA) is 43.7 Å². The Balaban J connectivity index is 2.80. The van der Waals surface area contributed by atoms with Gasteiger partial charge in [0.25, 0.3) is 0 Å². The molecule has 72 valence electrons. The molecule has 0 aromatic carbocycles. The Morgan fingerprint density at radius 1 is 1.46 bits per heavy atom. The van der Waals surface area contributed by atoms with Crippen molar-refractivity contribution in [3.63, 3.8) is 0 Å². The van der Waals surface area contributed by atoms with Gasteiger partial charge in [-0.15, -0.1) is 0 Å². The summed E-state index contributed by atoms with van der Waals surface area (Å²) in [5, 5.41) is 18.1. The lowest BCUT2D eigenvalue weighted by atomic mass is 10.1. The number of hydrogen-bond acceptors (Lipinski definition) is 3. The molecule has 3 nitrogen and oxygen atoms in total. The van der Waals surface area contributed by atoms with Crippen LogP contribution in [-0.2, 0) is 0 Å². The van der Waals surface area contributed by atoms with E-state index < -0.39 is 0 Å². The molecule has 3 heteroatoms. The Kier molecular flexibility index (Phi) is 2.78. The molecule has 0 amide bonds. The van der Waals surface area contributed by atoms with Crippen LogP contribution >= 0.6 is 0 Å². The fourth-order valence-electron chi connectivity index (χ4n) is 1.41. The second-order valence-corrected chi connectivity index (χ2v) is 3.45. The smallest absolute Gasteiger partial charge is 0.157 e. The molecule has 0 aliphatic carbocycles. The number of aliphatic hydroxyl groups excluding tert-OH is 2. The highest BCUT2D eigenvalue weighted by Crippen LogP contribution is 2.18. The van der Waals surface area contributed by atoms with Crippen LogP contribution in [-0.4, -0.2) is 35.3 Å². The van der Waals surface area contributed by atoms with E-state index >= 15 is 0 Å². The van der Waals surface area contributed by atoms with E-state index in [-0.39, 0.29) is 11.5 Å². The predicted molar refractivity (Wildman–Crippen MR) is 52.7 cm³/mol. The summed E-state index contributed by atoms with van der Waals surface area (Å²) in [6, 6.07) is 0. The molecular formula is C10H15NO2. The van der Waals surface area contributed by atoms with Gasteiger partial charge in [0.2, 0.25) is 0 Å². The average Bonchev–Trinajstić information content (AvgIpc) is 2.30. The fourth-order valence-corrected chi connectivity index (χ4v) is 1.41. The fraction of sp³-hybridized carbons (Fsp3) is 0.400. The van der Waals surface area contributed by atoms with Gasteiger partial charge in [-0.05, 0) is 25.6 Å². The number of aliphatic hydroxyl groups is 2. The Bertz CT molecular complexity index is 289. The van der Waals surface area contributed by atoms with E-state index in [0.29, 0.717) is 0 Å². The molecule has 0 bridgehead atoms. The van der Waals surface area contributed by atoms with Gasteiger partial charge in [-0.1, -0.05) is 12.2 Å². The molecule has 0 aromatic heterocycles. The number of rotatable bonds is 2. The molecule has 1 aliphatic rings. The third kappa shape index (κ3) is 2.36. The molecule has 0 atom stereocenters. The van der Waals surface area contributed by atoms with Crippen LogP contribution in [0.25, 0.3) is 0 Å². The van der Waals surface area contributed by atoms with Gasteiger partial charge in [-0.25, -0.2) is 0 Å². The third-order valence-electron chi connectivity index (χ3n) is 2.10. The summed E-state index contributed by atoms with van der Waals surface area (Å²) < 4.78 is 0. The molecule has 0 saturated carbocycles. The van der Waals surface area contributed by atoms with Gasteiger partial charge in [0.15, 0.2) is 5.76 Å². The summed E-state index contributed by atoms with van der Waals surface area (Å²) in [4.78, 5) is 2.13. The molecule has 0 unspecified atom stereocenters. The minimum atomic E-state index is -0.283. The molecule has 13 heavy (non-hydrogen) atoms. The highest BCUT2D eigenvalue weighted by molar-refractivity contribution is 5.35. The number of hydrogen-bond donors (Lipinski definition) is 2. The first-order chi connectivity index (χ1) is 6.00. The van der Waals surface area contributed by atoms with Crippen molar-refractivity contribution >= 4 is 0 Å². The highest BCUT2D eigenvalue weighted by atomic mass is 16.3. The summed E-state index contributed by atoms with van der Waals surface area (Å²) in [6.45, 7) is 6.98. The summed E-state index contributed by atoms with van der Waals surface area (Å²) in [7, 11) is 2.01. The van der Waals surface area contributed by atoms with Gasteiger partial charge in [0, 0.05) is 13.1 Å². The van der Waals surface area contributed by atoms with Gasteiger partial charge in [0.1, 0.15) is 5.76 Å². The zero-order chi connectivity index (χ0) is 10.0. The van der Waals surface area contributed by atoms with Crippen LogP contribution in [0.5, 0.6) is 0 Å². The largest absolute Gasteiger partial charge is 0.505 e. The van der Waals surface area contributed by atoms with Crippen molar-refractivity contribution in [2.45, 2.75) is 6.92 Å². The van der Waals surface area contributed by atoms with Crippen LogP contribution in [0.2, 0.25) is 0 Å². The van der Waals surface area contributed by atoms with Crippen molar-refractivity contribution in [3.05, 3.63) is 35.3 Å². The maximum atomic E-state index is 9.25. The van der Waals surface area contributed by atoms with E-state index in [1.165, 1.54) is 5.57 Å². The van der Waals surface area contributed by atoms with Crippen LogP contribution in [0.1, 0.15) is 6.92 Å². The molecule has 0 radical (unpaired) electrons. The quantitative estimate of drug-likeness (QED) is 0.504. The van der Waals surface area contributed by atoms with Gasteiger partial charge < -0.3 is 10.2 Å². The Morgan fingerprint density at radius 2 is 2.08 bits per heavy atom. The van der Waals surface area contributed by atoms with Crippen LogP contribution in [0.3, 0.4) is 0 Å². The second-order valence-electron chi connectivity index (χ2n) is 3.45. The summed E-state index contributed by atoms with van der Waals surface area (Å²) in [6.07, 6.45) is 1.57. The maximum absolute atomic E-state index is 9.25. The van der Waals surface area contributed by atoms with Gasteiger partial charge in [-0.2, -0.15) is 0 Å². The molecule has 1 heterocycles. The molecule has 1 rings (SSSR count). The summed E-state index contributed by atoms with van der Waals surface area (Å²) in [5.41, 5.74) is 2.27. The second kappa shape index (κ2) is 3.66. The Labute approximate surface area is 78.3 Å². The first-order valence-electron chi connectivity index (χ1n) is 4.16. The Morgan fingerprint density at radius 3 is 2.46 bits per heavy atom. The minimum absolute atomic E-state index is 0.148. The van der Waals surface area contributed by atoms with Crippen molar-refractivity contribution in [1.82, 2.24) is 4.90 Å². The number of nitrogens with zero attached hydrogens (tertiary/aromatic N) is 1. The first kappa shape index (κ1) is 9.86. The lowest BCUT2D eigenvalue weighted by molar-refractivity contribution is 0.328. The van der Waals surface area contributed by atoms with Gasteiger partial charge in [0.05, 0.1) is 0 Å². The monoisotopic (exact) mass is 181 g/mol. The summed E-state index contributed by atoms with van der Waals surface area (Å²) >= 11 is 0. The molecular weight excluding hydrogens is 166 g/mol. The average molecular weight is 181 g/mol. The van der Waals surface area contributed by atoms with E-state index in [2.05, 4.69) is 11.5 Å². The SMILES string of the molecule is C=C(O)/C(O)=C\C1=C(C)CN(C)C1. The normalized spacial score (nSPS) is 19.7. The molecule has 0 fully saturated rings. The zero-order valence-electron chi connectivity index (χ0n) is 8.04. The first-order valence-corrected chi connectivity index (χ1v) is 4.16. The molecule has 1 aliphatic heterocycles. The number of likely N-dealkylation sites (N-methyl/N-ethyl adjacent to an activating group) is 1. The van der Waals surface area contributed by atoms with Crippen LogP contribution in [0.15, 0.2) is 35.3 Å². The summed E-state index contributed by atoms with van der Waals surface area (Å²) in [5.74, 6) is -0.431. The molecule has 0 spiro atoms. The standard InChI is InChI=1S/C10H15NO2/c1-7-5-11(3)6-9(7)4-10(13)8(2)12/h4,12-13H,2,5-6H2,1,3H3/b10-4+. The van der Waals surface area contributed by atoms with Gasteiger partial charge in [-0.3, -0.25) is 4.90 Å². The van der Waals surface area contributed by atoms with E-state index in [4.69, 9.17) is 5.11 Å². The van der Waals surface area contributed by atoms with Crippen LogP contribution in [0.4, 0.5) is 0 Å². The van der Waals surface area contributed by atoms with Crippen molar-refractivity contribution in [2.24, 2.45) is 0 Å². The van der Waals surface area contributed by atoms with E-state index in [9.17, 15) is 5.11 Å².